The number of benzene rings is 4. The van der Waals surface area contributed by atoms with E-state index in [1.165, 1.54) is 18.2 Å². The van der Waals surface area contributed by atoms with Crippen molar-refractivity contribution in [3.8, 4) is 11.1 Å². The van der Waals surface area contributed by atoms with Crippen LogP contribution in [0.4, 0.5) is 22.0 Å². The van der Waals surface area contributed by atoms with Crippen molar-refractivity contribution in [3.05, 3.63) is 141 Å². The Labute approximate surface area is 294 Å². The van der Waals surface area contributed by atoms with Crippen LogP contribution in [0.5, 0.6) is 0 Å². The zero-order valence-electron chi connectivity index (χ0n) is 28.9. The minimum absolute atomic E-state index is 0.00415. The highest BCUT2D eigenvalue weighted by molar-refractivity contribution is 5.83. The Hall–Kier alpha value is -4.83. The Kier molecular flexibility index (Phi) is 12.4. The zero-order valence-corrected chi connectivity index (χ0v) is 28.9. The molecule has 10 heteroatoms. The minimum Gasteiger partial charge on any atom is -0.338 e. The number of halogens is 5. The second kappa shape index (κ2) is 16.9. The SMILES string of the molecule is CCN(CC)CCN(Cc1ccc(-c2ccc(C(F)(F)F)cc2)cc1)C(=O)Cn1cc(CCCCc2cccc(F)c2F)c(=O)c2ccccc21. The van der Waals surface area contributed by atoms with Crippen molar-refractivity contribution in [2.45, 2.75) is 58.8 Å². The lowest BCUT2D eigenvalue weighted by Gasteiger charge is -2.27. The van der Waals surface area contributed by atoms with Crippen molar-refractivity contribution in [2.24, 2.45) is 0 Å². The molecule has 0 aliphatic rings. The van der Waals surface area contributed by atoms with Crippen molar-refractivity contribution in [3.63, 3.8) is 0 Å². The highest BCUT2D eigenvalue weighted by atomic mass is 19.4. The van der Waals surface area contributed by atoms with Crippen molar-refractivity contribution in [1.82, 2.24) is 14.4 Å². The molecule has 51 heavy (non-hydrogen) atoms. The zero-order chi connectivity index (χ0) is 36.5. The molecule has 0 atom stereocenters. The van der Waals surface area contributed by atoms with Crippen LogP contribution in [-0.2, 0) is 36.9 Å². The summed E-state index contributed by atoms with van der Waals surface area (Å²) in [6, 6.07) is 23.8. The van der Waals surface area contributed by atoms with Gasteiger partial charge in [-0.05, 0) is 91.4 Å². The lowest BCUT2D eigenvalue weighted by molar-refractivity contribution is -0.137. The summed E-state index contributed by atoms with van der Waals surface area (Å²) in [5, 5.41) is 0.507. The van der Waals surface area contributed by atoms with E-state index >= 15 is 0 Å². The predicted molar refractivity (Wildman–Crippen MR) is 191 cm³/mol. The number of amides is 1. The molecule has 0 N–H and O–H groups in total. The normalized spacial score (nSPS) is 11.8. The van der Waals surface area contributed by atoms with Crippen molar-refractivity contribution >= 4 is 16.8 Å². The number of hydrogen-bond donors (Lipinski definition) is 0. The van der Waals surface area contributed by atoms with Crippen molar-refractivity contribution in [2.75, 3.05) is 26.2 Å². The number of aromatic nitrogens is 1. The van der Waals surface area contributed by atoms with E-state index in [4.69, 9.17) is 0 Å². The number of rotatable bonds is 15. The first-order chi connectivity index (χ1) is 24.5. The van der Waals surface area contributed by atoms with Crippen LogP contribution in [0.15, 0.2) is 102 Å². The van der Waals surface area contributed by atoms with E-state index in [0.717, 1.165) is 42.4 Å². The Morgan fingerprint density at radius 2 is 1.37 bits per heavy atom. The fraction of sp³-hybridized carbons (Fsp3) is 0.317. The smallest absolute Gasteiger partial charge is 0.338 e. The molecule has 0 spiro atoms. The van der Waals surface area contributed by atoms with E-state index < -0.39 is 23.4 Å². The number of nitrogens with zero attached hydrogens (tertiary/aromatic N) is 3. The molecule has 0 aliphatic carbocycles. The van der Waals surface area contributed by atoms with Crippen molar-refractivity contribution < 1.29 is 26.7 Å². The molecule has 268 valence electrons. The molecule has 0 unspecified atom stereocenters. The lowest BCUT2D eigenvalue weighted by Crippen LogP contribution is -2.40. The highest BCUT2D eigenvalue weighted by Gasteiger charge is 2.30. The summed E-state index contributed by atoms with van der Waals surface area (Å²) in [4.78, 5) is 31.6. The Morgan fingerprint density at radius 1 is 0.745 bits per heavy atom. The number of hydrogen-bond acceptors (Lipinski definition) is 3. The third-order valence-corrected chi connectivity index (χ3v) is 9.35. The van der Waals surface area contributed by atoms with Crippen LogP contribution < -0.4 is 5.43 Å². The van der Waals surface area contributed by atoms with Gasteiger partial charge in [0.1, 0.15) is 6.54 Å². The summed E-state index contributed by atoms with van der Waals surface area (Å²) in [6.45, 7) is 7.28. The molecule has 0 radical (unpaired) electrons. The quantitative estimate of drug-likeness (QED) is 0.0809. The number of aryl methyl sites for hydroxylation is 2. The predicted octanol–water partition coefficient (Wildman–Crippen LogP) is 8.90. The molecule has 0 saturated heterocycles. The van der Waals surface area contributed by atoms with E-state index in [-0.39, 0.29) is 17.9 Å². The maximum atomic E-state index is 14.1. The number of alkyl halides is 3. The van der Waals surface area contributed by atoms with Crippen LogP contribution in [0.25, 0.3) is 22.0 Å². The van der Waals surface area contributed by atoms with Gasteiger partial charge in [0.25, 0.3) is 0 Å². The van der Waals surface area contributed by atoms with E-state index in [0.29, 0.717) is 72.9 Å². The molecule has 5 aromatic rings. The topological polar surface area (TPSA) is 45.5 Å². The second-order valence-corrected chi connectivity index (χ2v) is 12.7. The average Bonchev–Trinajstić information content (AvgIpc) is 3.13. The van der Waals surface area contributed by atoms with Gasteiger partial charge in [-0.15, -0.1) is 0 Å². The fourth-order valence-electron chi connectivity index (χ4n) is 6.30. The molecule has 5 rings (SSSR count). The van der Waals surface area contributed by atoms with Gasteiger partial charge in [-0.1, -0.05) is 74.5 Å². The maximum absolute atomic E-state index is 14.1. The Balaban J connectivity index is 1.34. The first-order valence-corrected chi connectivity index (χ1v) is 17.3. The van der Waals surface area contributed by atoms with Crippen molar-refractivity contribution in [1.29, 1.82) is 0 Å². The van der Waals surface area contributed by atoms with E-state index in [1.54, 1.807) is 29.3 Å². The summed E-state index contributed by atoms with van der Waals surface area (Å²) in [5.74, 6) is -1.85. The molecule has 1 aromatic heterocycles. The molecule has 5 nitrogen and oxygen atoms in total. The monoisotopic (exact) mass is 703 g/mol. The first kappa shape index (κ1) is 37.4. The van der Waals surface area contributed by atoms with Crippen LogP contribution in [0, 0.1) is 11.6 Å². The molecule has 0 aliphatic heterocycles. The summed E-state index contributed by atoms with van der Waals surface area (Å²) in [5.41, 5.74) is 2.98. The minimum atomic E-state index is -4.40. The molecule has 0 saturated carbocycles. The number of para-hydroxylation sites is 1. The average molecular weight is 704 g/mol. The molecule has 4 aromatic carbocycles. The van der Waals surface area contributed by atoms with Gasteiger partial charge < -0.3 is 14.4 Å². The third-order valence-electron chi connectivity index (χ3n) is 9.35. The number of carbonyl (C=O) groups is 1. The molecular formula is C41H42F5N3O2. The van der Waals surface area contributed by atoms with Crippen LogP contribution in [0.2, 0.25) is 0 Å². The standard InChI is InChI=1S/C41H42F5N3O2/c1-3-47(4-2)24-25-48(26-29-16-18-30(19-17-29)31-20-22-34(23-21-31)41(44,45)46)38(50)28-49-27-33(40(51)35-13-7-8-15-37(35)49)11-6-5-10-32-12-9-14-36(42)39(32)43/h7-9,12-23,27H,3-6,10-11,24-26,28H2,1-2H3. The number of fused-ring (bicyclic) bond motifs is 1. The largest absolute Gasteiger partial charge is 0.416 e. The van der Waals surface area contributed by atoms with Gasteiger partial charge in [-0.3, -0.25) is 9.59 Å². The summed E-state index contributed by atoms with van der Waals surface area (Å²) in [7, 11) is 0. The van der Waals surface area contributed by atoms with E-state index in [2.05, 4.69) is 18.7 Å². The number of carbonyl (C=O) groups excluding carboxylic acids is 1. The van der Waals surface area contributed by atoms with Gasteiger partial charge in [-0.2, -0.15) is 13.2 Å². The van der Waals surface area contributed by atoms with Gasteiger partial charge in [0.2, 0.25) is 5.91 Å². The number of likely N-dealkylation sites (N-methyl/N-ethyl adjacent to an activating group) is 1. The molecule has 1 amide bonds. The van der Waals surface area contributed by atoms with Gasteiger partial charge in [0.15, 0.2) is 17.1 Å². The van der Waals surface area contributed by atoms with Gasteiger partial charge in [0.05, 0.1) is 11.1 Å². The van der Waals surface area contributed by atoms with Gasteiger partial charge in [-0.25, -0.2) is 8.78 Å². The third kappa shape index (κ3) is 9.49. The number of unbranched alkanes of at least 4 members (excludes halogenated alkanes) is 1. The summed E-state index contributed by atoms with van der Waals surface area (Å²) in [6.07, 6.45) is -0.757. The fourth-order valence-corrected chi connectivity index (χ4v) is 6.30. The van der Waals surface area contributed by atoms with E-state index in [1.807, 2.05) is 41.0 Å². The lowest BCUT2D eigenvalue weighted by atomic mass is 10.0. The second-order valence-electron chi connectivity index (χ2n) is 12.7. The first-order valence-electron chi connectivity index (χ1n) is 17.3. The van der Waals surface area contributed by atoms with Gasteiger partial charge >= 0.3 is 6.18 Å². The summed E-state index contributed by atoms with van der Waals surface area (Å²) >= 11 is 0. The van der Waals surface area contributed by atoms with Crippen LogP contribution in [0.1, 0.15) is 48.9 Å². The van der Waals surface area contributed by atoms with Crippen LogP contribution >= 0.6 is 0 Å². The van der Waals surface area contributed by atoms with E-state index in [9.17, 15) is 31.5 Å². The Bertz CT molecular complexity index is 1990. The maximum Gasteiger partial charge on any atom is 0.416 e. The molecule has 1 heterocycles. The van der Waals surface area contributed by atoms with Crippen LogP contribution in [0.3, 0.4) is 0 Å². The molecule has 0 bridgehead atoms. The van der Waals surface area contributed by atoms with Gasteiger partial charge in [0, 0.05) is 36.8 Å². The van der Waals surface area contributed by atoms with Crippen LogP contribution in [-0.4, -0.2) is 46.5 Å². The molecule has 0 fully saturated rings. The molecular weight excluding hydrogens is 661 g/mol. The number of pyridine rings is 1. The Morgan fingerprint density at radius 3 is 2.02 bits per heavy atom. The highest BCUT2D eigenvalue weighted by Crippen LogP contribution is 2.31. The summed E-state index contributed by atoms with van der Waals surface area (Å²) < 4.78 is 68.7.